The summed E-state index contributed by atoms with van der Waals surface area (Å²) in [7, 11) is 0. The molecule has 3 aromatic carbocycles. The summed E-state index contributed by atoms with van der Waals surface area (Å²) >= 11 is 0. The summed E-state index contributed by atoms with van der Waals surface area (Å²) < 4.78 is 14.5. The van der Waals surface area contributed by atoms with E-state index in [2.05, 4.69) is 10.6 Å². The highest BCUT2D eigenvalue weighted by molar-refractivity contribution is 6.46. The standard InChI is InChI=1S/C26H22FN3O3/c1-15-12-16(2)14-20(13-15)29-24-23(18-8-10-19(11-9-18)28-17(3)31)25(32)30(26(24)33)22-7-5-4-6-21(22)27/h4-14,29H,1-3H3,(H,28,31). The van der Waals surface area contributed by atoms with Crippen molar-refractivity contribution in [2.24, 2.45) is 0 Å². The van der Waals surface area contributed by atoms with Gasteiger partial charge in [0.05, 0.1) is 11.3 Å². The maximum absolute atomic E-state index is 14.5. The van der Waals surface area contributed by atoms with Gasteiger partial charge in [-0.2, -0.15) is 0 Å². The SMILES string of the molecule is CC(=O)Nc1ccc(C2=C(Nc3cc(C)cc(C)c3)C(=O)N(c3ccccc3F)C2=O)cc1. The van der Waals surface area contributed by atoms with E-state index in [1.54, 1.807) is 30.3 Å². The normalized spacial score (nSPS) is 13.5. The molecule has 1 aliphatic heterocycles. The topological polar surface area (TPSA) is 78.5 Å². The lowest BCUT2D eigenvalue weighted by molar-refractivity contribution is -0.120. The van der Waals surface area contributed by atoms with E-state index in [1.165, 1.54) is 25.1 Å². The van der Waals surface area contributed by atoms with Gasteiger partial charge in [-0.25, -0.2) is 9.29 Å². The molecular formula is C26H22FN3O3. The van der Waals surface area contributed by atoms with Crippen molar-refractivity contribution in [3.63, 3.8) is 0 Å². The third-order valence-electron chi connectivity index (χ3n) is 5.16. The summed E-state index contributed by atoms with van der Waals surface area (Å²) in [6.07, 6.45) is 0. The molecule has 0 bridgehead atoms. The molecule has 3 amide bonds. The molecule has 33 heavy (non-hydrogen) atoms. The van der Waals surface area contributed by atoms with Crippen LogP contribution in [0.2, 0.25) is 0 Å². The number of anilines is 3. The second-order valence-electron chi connectivity index (χ2n) is 7.91. The lowest BCUT2D eigenvalue weighted by Gasteiger charge is -2.16. The Morgan fingerprint density at radius 1 is 0.848 bits per heavy atom. The minimum Gasteiger partial charge on any atom is -0.350 e. The molecule has 1 aliphatic rings. The van der Waals surface area contributed by atoms with Crippen molar-refractivity contribution >= 4 is 40.4 Å². The monoisotopic (exact) mass is 443 g/mol. The molecule has 0 unspecified atom stereocenters. The van der Waals surface area contributed by atoms with Crippen LogP contribution in [0.25, 0.3) is 5.57 Å². The predicted molar refractivity (Wildman–Crippen MR) is 126 cm³/mol. The molecule has 0 saturated carbocycles. The zero-order valence-electron chi connectivity index (χ0n) is 18.4. The number of imide groups is 1. The molecule has 2 N–H and O–H groups in total. The average Bonchev–Trinajstić information content (AvgIpc) is 2.98. The van der Waals surface area contributed by atoms with Crippen LogP contribution in [-0.2, 0) is 14.4 Å². The van der Waals surface area contributed by atoms with Crippen molar-refractivity contribution in [3.05, 3.63) is 94.9 Å². The van der Waals surface area contributed by atoms with Gasteiger partial charge in [0.15, 0.2) is 0 Å². The van der Waals surface area contributed by atoms with Crippen LogP contribution in [0.1, 0.15) is 23.6 Å². The molecule has 0 fully saturated rings. The predicted octanol–water partition coefficient (Wildman–Crippen LogP) is 4.80. The first-order valence-corrected chi connectivity index (χ1v) is 10.4. The van der Waals surface area contributed by atoms with Crippen molar-refractivity contribution in [1.29, 1.82) is 0 Å². The number of aryl methyl sites for hydroxylation is 2. The van der Waals surface area contributed by atoms with Crippen molar-refractivity contribution in [2.45, 2.75) is 20.8 Å². The van der Waals surface area contributed by atoms with E-state index in [4.69, 9.17) is 0 Å². The molecule has 0 radical (unpaired) electrons. The summed E-state index contributed by atoms with van der Waals surface area (Å²) in [5.41, 5.74) is 3.71. The number of amides is 3. The van der Waals surface area contributed by atoms with E-state index < -0.39 is 17.6 Å². The second-order valence-corrected chi connectivity index (χ2v) is 7.91. The number of carbonyl (C=O) groups excluding carboxylic acids is 3. The molecule has 166 valence electrons. The Bertz CT molecular complexity index is 1290. The Labute approximate surface area is 190 Å². The van der Waals surface area contributed by atoms with Crippen molar-refractivity contribution in [1.82, 2.24) is 0 Å². The number of halogens is 1. The van der Waals surface area contributed by atoms with E-state index in [0.717, 1.165) is 16.0 Å². The molecule has 4 rings (SSSR count). The number of nitrogens with one attached hydrogen (secondary N) is 2. The van der Waals surface area contributed by atoms with Crippen LogP contribution >= 0.6 is 0 Å². The van der Waals surface area contributed by atoms with Crippen LogP contribution in [0.15, 0.2) is 72.4 Å². The van der Waals surface area contributed by atoms with Gasteiger partial charge < -0.3 is 10.6 Å². The van der Waals surface area contributed by atoms with Gasteiger partial charge in [-0.15, -0.1) is 0 Å². The molecule has 0 spiro atoms. The molecule has 7 heteroatoms. The Morgan fingerprint density at radius 3 is 2.09 bits per heavy atom. The van der Waals surface area contributed by atoms with Gasteiger partial charge in [0.25, 0.3) is 11.8 Å². The third-order valence-corrected chi connectivity index (χ3v) is 5.16. The van der Waals surface area contributed by atoms with Crippen LogP contribution in [0.3, 0.4) is 0 Å². The molecule has 0 aromatic heterocycles. The number of hydrogen-bond acceptors (Lipinski definition) is 4. The van der Waals surface area contributed by atoms with Gasteiger partial charge in [0.2, 0.25) is 5.91 Å². The van der Waals surface area contributed by atoms with Crippen LogP contribution in [0.4, 0.5) is 21.5 Å². The van der Waals surface area contributed by atoms with E-state index in [0.29, 0.717) is 16.9 Å². The second kappa shape index (κ2) is 8.70. The number of carbonyl (C=O) groups is 3. The third kappa shape index (κ3) is 4.39. The fourth-order valence-electron chi connectivity index (χ4n) is 3.88. The Morgan fingerprint density at radius 2 is 1.48 bits per heavy atom. The first-order chi connectivity index (χ1) is 15.7. The highest BCUT2D eigenvalue weighted by atomic mass is 19.1. The van der Waals surface area contributed by atoms with Gasteiger partial charge in [-0.3, -0.25) is 14.4 Å². The maximum Gasteiger partial charge on any atom is 0.282 e. The summed E-state index contributed by atoms with van der Waals surface area (Å²) in [5, 5.41) is 5.76. The zero-order valence-corrected chi connectivity index (χ0v) is 18.4. The molecule has 0 aliphatic carbocycles. The van der Waals surface area contributed by atoms with Crippen molar-refractivity contribution in [3.8, 4) is 0 Å². The van der Waals surface area contributed by atoms with E-state index in [9.17, 15) is 18.8 Å². The minimum absolute atomic E-state index is 0.0560. The first kappa shape index (κ1) is 22.0. The zero-order chi connectivity index (χ0) is 23.7. The summed E-state index contributed by atoms with van der Waals surface area (Å²) in [6.45, 7) is 5.26. The largest absolute Gasteiger partial charge is 0.350 e. The molecule has 0 saturated heterocycles. The van der Waals surface area contributed by atoms with Gasteiger partial charge in [-0.1, -0.05) is 30.3 Å². The van der Waals surface area contributed by atoms with Crippen LogP contribution in [-0.4, -0.2) is 17.7 Å². The highest BCUT2D eigenvalue weighted by Crippen LogP contribution is 2.35. The maximum atomic E-state index is 14.5. The summed E-state index contributed by atoms with van der Waals surface area (Å²) in [6, 6.07) is 17.9. The van der Waals surface area contributed by atoms with E-state index >= 15 is 0 Å². The van der Waals surface area contributed by atoms with E-state index in [-0.39, 0.29) is 22.9 Å². The number of benzene rings is 3. The van der Waals surface area contributed by atoms with Crippen LogP contribution in [0.5, 0.6) is 0 Å². The first-order valence-electron chi connectivity index (χ1n) is 10.4. The molecule has 6 nitrogen and oxygen atoms in total. The molecule has 3 aromatic rings. The van der Waals surface area contributed by atoms with Crippen LogP contribution < -0.4 is 15.5 Å². The number of rotatable bonds is 5. The molecular weight excluding hydrogens is 421 g/mol. The fraction of sp³-hybridized carbons (Fsp3) is 0.115. The quantitative estimate of drug-likeness (QED) is 0.556. The van der Waals surface area contributed by atoms with Gasteiger partial charge in [0, 0.05) is 18.3 Å². The highest BCUT2D eigenvalue weighted by Gasteiger charge is 2.41. The number of hydrogen-bond donors (Lipinski definition) is 2. The number of nitrogens with zero attached hydrogens (tertiary/aromatic N) is 1. The van der Waals surface area contributed by atoms with Crippen molar-refractivity contribution < 1.29 is 18.8 Å². The lowest BCUT2D eigenvalue weighted by Crippen LogP contribution is -2.33. The Kier molecular flexibility index (Phi) is 5.79. The summed E-state index contributed by atoms with van der Waals surface area (Å²) in [4.78, 5) is 39.0. The molecule has 1 heterocycles. The fourth-order valence-corrected chi connectivity index (χ4v) is 3.88. The Balaban J connectivity index is 1.82. The van der Waals surface area contributed by atoms with Gasteiger partial charge >= 0.3 is 0 Å². The minimum atomic E-state index is -0.674. The lowest BCUT2D eigenvalue weighted by atomic mass is 10.0. The van der Waals surface area contributed by atoms with E-state index in [1.807, 2.05) is 32.0 Å². The van der Waals surface area contributed by atoms with Gasteiger partial charge in [-0.05, 0) is 66.9 Å². The molecule has 0 atom stereocenters. The smallest absolute Gasteiger partial charge is 0.282 e. The number of para-hydroxylation sites is 1. The Hall–Kier alpha value is -4.26. The summed E-state index contributed by atoms with van der Waals surface area (Å²) in [5.74, 6) is -2.18. The van der Waals surface area contributed by atoms with Gasteiger partial charge in [0.1, 0.15) is 11.5 Å². The van der Waals surface area contributed by atoms with Crippen LogP contribution in [0, 0.1) is 19.7 Å². The average molecular weight is 443 g/mol. The van der Waals surface area contributed by atoms with Crippen molar-refractivity contribution in [2.75, 3.05) is 15.5 Å².